The Morgan fingerprint density at radius 3 is 2.58 bits per heavy atom. The molecule has 2 N–H and O–H groups in total. The summed E-state index contributed by atoms with van der Waals surface area (Å²) in [7, 11) is 2.02. The molecule has 0 fully saturated rings. The molecule has 4 heteroatoms. The number of anilines is 1. The van der Waals surface area contributed by atoms with E-state index in [0.29, 0.717) is 6.54 Å². The van der Waals surface area contributed by atoms with Gasteiger partial charge in [-0.3, -0.25) is 0 Å². The minimum atomic E-state index is -0.713. The summed E-state index contributed by atoms with van der Waals surface area (Å²) in [5.41, 5.74) is 1.68. The van der Waals surface area contributed by atoms with Crippen LogP contribution in [0.3, 0.4) is 0 Å². The van der Waals surface area contributed by atoms with Gasteiger partial charge in [0.15, 0.2) is 0 Å². The van der Waals surface area contributed by atoms with Crippen LogP contribution < -0.4 is 10.2 Å². The molecule has 0 saturated heterocycles. The number of halogens is 1. The second kappa shape index (κ2) is 6.73. The van der Waals surface area contributed by atoms with Crippen LogP contribution in [0.2, 0.25) is 0 Å². The molecule has 108 valence electrons. The molecule has 1 unspecified atom stereocenters. The molecule has 19 heavy (non-hydrogen) atoms. The lowest BCUT2D eigenvalue weighted by Gasteiger charge is -2.30. The highest BCUT2D eigenvalue weighted by atomic mass is 79.9. The van der Waals surface area contributed by atoms with Crippen LogP contribution in [-0.2, 0) is 0 Å². The van der Waals surface area contributed by atoms with Crippen LogP contribution in [0.1, 0.15) is 39.3 Å². The van der Waals surface area contributed by atoms with Crippen LogP contribution in [0.4, 0.5) is 5.69 Å². The molecule has 1 aromatic rings. The highest BCUT2D eigenvalue weighted by molar-refractivity contribution is 9.10. The smallest absolute Gasteiger partial charge is 0.0765 e. The number of benzene rings is 1. The first kappa shape index (κ1) is 16.5. The third-order valence-electron chi connectivity index (χ3n) is 3.00. The second-order valence-electron chi connectivity index (χ2n) is 5.65. The second-order valence-corrected chi connectivity index (χ2v) is 6.57. The van der Waals surface area contributed by atoms with E-state index in [2.05, 4.69) is 58.2 Å². The standard InChI is InChI=1S/C15H25BrN2O/c1-6-17-11(2)13-8-7-12(16)9-14(13)18(5)10-15(3,4)19/h7-9,11,17,19H,6,10H2,1-5H3. The van der Waals surface area contributed by atoms with Gasteiger partial charge in [0, 0.05) is 29.8 Å². The van der Waals surface area contributed by atoms with E-state index in [-0.39, 0.29) is 6.04 Å². The minimum Gasteiger partial charge on any atom is -0.389 e. The number of aliphatic hydroxyl groups is 1. The van der Waals surface area contributed by atoms with Crippen LogP contribution in [0.5, 0.6) is 0 Å². The van der Waals surface area contributed by atoms with Crippen molar-refractivity contribution in [3.63, 3.8) is 0 Å². The van der Waals surface area contributed by atoms with Crippen LogP contribution in [0.25, 0.3) is 0 Å². The third-order valence-corrected chi connectivity index (χ3v) is 3.50. The Kier molecular flexibility index (Phi) is 5.83. The normalized spacial score (nSPS) is 13.4. The predicted molar refractivity (Wildman–Crippen MR) is 85.8 cm³/mol. The van der Waals surface area contributed by atoms with E-state index in [4.69, 9.17) is 0 Å². The zero-order valence-corrected chi connectivity index (χ0v) is 14.1. The van der Waals surface area contributed by atoms with E-state index in [1.54, 1.807) is 0 Å². The molecule has 0 saturated carbocycles. The first-order chi connectivity index (χ1) is 8.74. The Balaban J connectivity index is 3.06. The van der Waals surface area contributed by atoms with Gasteiger partial charge in [-0.15, -0.1) is 0 Å². The van der Waals surface area contributed by atoms with Gasteiger partial charge < -0.3 is 15.3 Å². The lowest BCUT2D eigenvalue weighted by atomic mass is 10.0. The van der Waals surface area contributed by atoms with Crippen molar-refractivity contribution in [3.05, 3.63) is 28.2 Å². The van der Waals surface area contributed by atoms with Gasteiger partial charge in [0.2, 0.25) is 0 Å². The van der Waals surface area contributed by atoms with E-state index in [1.807, 2.05) is 20.9 Å². The van der Waals surface area contributed by atoms with Crippen LogP contribution in [-0.4, -0.2) is 30.8 Å². The quantitative estimate of drug-likeness (QED) is 0.840. The molecule has 0 bridgehead atoms. The van der Waals surface area contributed by atoms with Crippen molar-refractivity contribution < 1.29 is 5.11 Å². The van der Waals surface area contributed by atoms with Crippen molar-refractivity contribution in [2.45, 2.75) is 39.3 Å². The largest absolute Gasteiger partial charge is 0.389 e. The summed E-state index contributed by atoms with van der Waals surface area (Å²) in [5.74, 6) is 0. The molecule has 0 aromatic heterocycles. The molecule has 0 aliphatic rings. The fraction of sp³-hybridized carbons (Fsp3) is 0.600. The monoisotopic (exact) mass is 328 g/mol. The Morgan fingerprint density at radius 2 is 2.05 bits per heavy atom. The molecule has 1 rings (SSSR count). The number of rotatable bonds is 6. The Labute approximate surface area is 125 Å². The van der Waals surface area contributed by atoms with Crippen molar-refractivity contribution in [2.75, 3.05) is 25.0 Å². The van der Waals surface area contributed by atoms with E-state index >= 15 is 0 Å². The van der Waals surface area contributed by atoms with Crippen molar-refractivity contribution in [3.8, 4) is 0 Å². The van der Waals surface area contributed by atoms with Crippen LogP contribution >= 0.6 is 15.9 Å². The summed E-state index contributed by atoms with van der Waals surface area (Å²) < 4.78 is 1.05. The maximum absolute atomic E-state index is 9.98. The predicted octanol–water partition coefficient (Wildman–Crippen LogP) is 3.33. The maximum Gasteiger partial charge on any atom is 0.0765 e. The van der Waals surface area contributed by atoms with Gasteiger partial charge in [-0.25, -0.2) is 0 Å². The van der Waals surface area contributed by atoms with Crippen molar-refractivity contribution >= 4 is 21.6 Å². The van der Waals surface area contributed by atoms with Crippen molar-refractivity contribution in [2.24, 2.45) is 0 Å². The average molecular weight is 329 g/mol. The maximum atomic E-state index is 9.98. The van der Waals surface area contributed by atoms with E-state index in [9.17, 15) is 5.11 Å². The van der Waals surface area contributed by atoms with E-state index in [0.717, 1.165) is 16.7 Å². The summed E-state index contributed by atoms with van der Waals surface area (Å²) in [6.07, 6.45) is 0. The number of nitrogens with one attached hydrogen (secondary N) is 1. The lowest BCUT2D eigenvalue weighted by molar-refractivity contribution is 0.0885. The van der Waals surface area contributed by atoms with Crippen molar-refractivity contribution in [1.82, 2.24) is 5.32 Å². The Morgan fingerprint density at radius 1 is 1.42 bits per heavy atom. The fourth-order valence-electron chi connectivity index (χ4n) is 2.30. The molecular weight excluding hydrogens is 304 g/mol. The number of likely N-dealkylation sites (N-methyl/N-ethyl adjacent to an activating group) is 1. The van der Waals surface area contributed by atoms with Gasteiger partial charge in [-0.2, -0.15) is 0 Å². The van der Waals surface area contributed by atoms with Gasteiger partial charge in [0.1, 0.15) is 0 Å². The SMILES string of the molecule is CCNC(C)c1ccc(Br)cc1N(C)CC(C)(C)O. The summed E-state index contributed by atoms with van der Waals surface area (Å²) in [6.45, 7) is 9.45. The molecule has 1 aromatic carbocycles. The van der Waals surface area contributed by atoms with Crippen LogP contribution in [0.15, 0.2) is 22.7 Å². The summed E-state index contributed by atoms with van der Waals surface area (Å²) in [5, 5.41) is 13.4. The highest BCUT2D eigenvalue weighted by Crippen LogP contribution is 2.29. The number of hydrogen-bond donors (Lipinski definition) is 2. The number of nitrogens with zero attached hydrogens (tertiary/aromatic N) is 1. The van der Waals surface area contributed by atoms with Gasteiger partial charge in [-0.1, -0.05) is 28.9 Å². The first-order valence-corrected chi connectivity index (χ1v) is 7.50. The third kappa shape index (κ3) is 5.13. The van der Waals surface area contributed by atoms with Gasteiger partial charge in [0.05, 0.1) is 5.60 Å². The number of hydrogen-bond acceptors (Lipinski definition) is 3. The molecule has 1 atom stereocenters. The van der Waals surface area contributed by atoms with E-state index < -0.39 is 5.60 Å². The molecule has 0 amide bonds. The fourth-order valence-corrected chi connectivity index (χ4v) is 2.64. The molecule has 3 nitrogen and oxygen atoms in total. The highest BCUT2D eigenvalue weighted by Gasteiger charge is 2.19. The zero-order valence-electron chi connectivity index (χ0n) is 12.5. The van der Waals surface area contributed by atoms with Crippen molar-refractivity contribution in [1.29, 1.82) is 0 Å². The molecule has 0 aliphatic heterocycles. The van der Waals surface area contributed by atoms with E-state index in [1.165, 1.54) is 5.56 Å². The lowest BCUT2D eigenvalue weighted by Crippen LogP contribution is -2.37. The summed E-state index contributed by atoms with van der Waals surface area (Å²) >= 11 is 3.52. The van der Waals surface area contributed by atoms with Gasteiger partial charge >= 0.3 is 0 Å². The summed E-state index contributed by atoms with van der Waals surface area (Å²) in [6, 6.07) is 6.59. The van der Waals surface area contributed by atoms with Crippen LogP contribution in [0, 0.1) is 0 Å². The molecule has 0 radical (unpaired) electrons. The molecule has 0 spiro atoms. The Bertz CT molecular complexity index is 415. The topological polar surface area (TPSA) is 35.5 Å². The van der Waals surface area contributed by atoms with Gasteiger partial charge in [-0.05, 0) is 45.0 Å². The minimum absolute atomic E-state index is 0.289. The molecular formula is C15H25BrN2O. The van der Waals surface area contributed by atoms with Gasteiger partial charge in [0.25, 0.3) is 0 Å². The molecule has 0 aliphatic carbocycles. The first-order valence-electron chi connectivity index (χ1n) is 6.71. The average Bonchev–Trinajstić information content (AvgIpc) is 2.26. The zero-order chi connectivity index (χ0) is 14.6. The summed E-state index contributed by atoms with van der Waals surface area (Å²) in [4.78, 5) is 2.11. The molecule has 0 heterocycles. The Hall–Kier alpha value is -0.580.